The second-order valence-corrected chi connectivity index (χ2v) is 4.73. The highest BCUT2D eigenvalue weighted by Gasteiger charge is 2.12. The van der Waals surface area contributed by atoms with E-state index in [-0.39, 0.29) is 6.03 Å². The number of carbonyl (C=O) groups excluding carboxylic acids is 1. The molecule has 3 rings (SSSR count). The van der Waals surface area contributed by atoms with Gasteiger partial charge in [0.2, 0.25) is 5.88 Å². The first kappa shape index (κ1) is 13.9. The van der Waals surface area contributed by atoms with Crippen molar-refractivity contribution in [1.29, 1.82) is 0 Å². The third-order valence-electron chi connectivity index (χ3n) is 3.18. The zero-order valence-corrected chi connectivity index (χ0v) is 11.8. The van der Waals surface area contributed by atoms with Crippen molar-refractivity contribution in [3.8, 4) is 11.1 Å². The third-order valence-corrected chi connectivity index (χ3v) is 3.18. The molecule has 0 atom stereocenters. The largest absolute Gasteiger partial charge is 0.338 e. The van der Waals surface area contributed by atoms with Crippen molar-refractivity contribution in [1.82, 2.24) is 10.5 Å². The second kappa shape index (κ2) is 6.58. The van der Waals surface area contributed by atoms with Gasteiger partial charge in [0.15, 0.2) is 0 Å². The second-order valence-electron chi connectivity index (χ2n) is 4.73. The van der Waals surface area contributed by atoms with Crippen LogP contribution in [0.25, 0.3) is 11.1 Å². The minimum absolute atomic E-state index is 0.330. The molecule has 0 spiro atoms. The van der Waals surface area contributed by atoms with Gasteiger partial charge in [-0.1, -0.05) is 65.8 Å². The molecule has 0 aliphatic carbocycles. The van der Waals surface area contributed by atoms with Gasteiger partial charge in [0.1, 0.15) is 0 Å². The molecule has 5 nitrogen and oxygen atoms in total. The SMILES string of the molecule is O=C(NCc1ccccc1)Nc1oncc1-c1ccccc1. The van der Waals surface area contributed by atoms with Crippen LogP contribution in [0.5, 0.6) is 0 Å². The number of amides is 2. The van der Waals surface area contributed by atoms with Crippen LogP contribution in [0, 0.1) is 0 Å². The van der Waals surface area contributed by atoms with Crippen LogP contribution in [-0.4, -0.2) is 11.2 Å². The van der Waals surface area contributed by atoms with E-state index in [1.807, 2.05) is 60.7 Å². The Kier molecular flexibility index (Phi) is 4.15. The van der Waals surface area contributed by atoms with Crippen LogP contribution >= 0.6 is 0 Å². The molecular weight excluding hydrogens is 278 g/mol. The van der Waals surface area contributed by atoms with E-state index in [2.05, 4.69) is 15.8 Å². The van der Waals surface area contributed by atoms with Gasteiger partial charge in [0.05, 0.1) is 11.8 Å². The van der Waals surface area contributed by atoms with Crippen LogP contribution in [0.3, 0.4) is 0 Å². The molecule has 0 bridgehead atoms. The number of benzene rings is 2. The van der Waals surface area contributed by atoms with Crippen molar-refractivity contribution in [2.75, 3.05) is 5.32 Å². The number of hydrogen-bond donors (Lipinski definition) is 2. The number of carbonyl (C=O) groups is 1. The number of hydrogen-bond acceptors (Lipinski definition) is 3. The highest BCUT2D eigenvalue weighted by atomic mass is 16.5. The molecule has 0 fully saturated rings. The number of nitrogens with one attached hydrogen (secondary N) is 2. The summed E-state index contributed by atoms with van der Waals surface area (Å²) in [6.07, 6.45) is 1.59. The molecule has 0 saturated heterocycles. The molecule has 0 saturated carbocycles. The summed E-state index contributed by atoms with van der Waals surface area (Å²) in [6, 6.07) is 19.0. The number of urea groups is 1. The summed E-state index contributed by atoms with van der Waals surface area (Å²) in [4.78, 5) is 12.0. The van der Waals surface area contributed by atoms with E-state index in [9.17, 15) is 4.79 Å². The number of rotatable bonds is 4. The van der Waals surface area contributed by atoms with Crippen molar-refractivity contribution in [2.45, 2.75) is 6.54 Å². The van der Waals surface area contributed by atoms with Gasteiger partial charge >= 0.3 is 6.03 Å². The van der Waals surface area contributed by atoms with Crippen molar-refractivity contribution in [3.63, 3.8) is 0 Å². The van der Waals surface area contributed by atoms with Gasteiger partial charge in [-0.15, -0.1) is 0 Å². The number of nitrogens with zero attached hydrogens (tertiary/aromatic N) is 1. The van der Waals surface area contributed by atoms with Gasteiger partial charge in [-0.25, -0.2) is 4.79 Å². The predicted octanol–water partition coefficient (Wildman–Crippen LogP) is 3.66. The molecule has 3 aromatic rings. The average molecular weight is 293 g/mol. The average Bonchev–Trinajstić information content (AvgIpc) is 3.03. The molecule has 1 aromatic heterocycles. The Morgan fingerprint density at radius 2 is 1.68 bits per heavy atom. The van der Waals surface area contributed by atoms with Gasteiger partial charge in [0.25, 0.3) is 0 Å². The molecule has 5 heteroatoms. The zero-order valence-electron chi connectivity index (χ0n) is 11.8. The maximum absolute atomic E-state index is 12.0. The van der Waals surface area contributed by atoms with E-state index in [1.165, 1.54) is 0 Å². The number of anilines is 1. The Balaban J connectivity index is 1.64. The lowest BCUT2D eigenvalue weighted by molar-refractivity contribution is 0.251. The molecule has 0 aliphatic heterocycles. The Bertz CT molecular complexity index is 739. The fraction of sp³-hybridized carbons (Fsp3) is 0.0588. The molecular formula is C17H15N3O2. The van der Waals surface area contributed by atoms with E-state index in [0.29, 0.717) is 12.4 Å². The Hall–Kier alpha value is -3.08. The van der Waals surface area contributed by atoms with E-state index >= 15 is 0 Å². The topological polar surface area (TPSA) is 67.2 Å². The summed E-state index contributed by atoms with van der Waals surface area (Å²) in [6.45, 7) is 0.446. The van der Waals surface area contributed by atoms with Crippen LogP contribution in [0.4, 0.5) is 10.7 Å². The summed E-state index contributed by atoms with van der Waals surface area (Å²) < 4.78 is 5.12. The third kappa shape index (κ3) is 3.32. The summed E-state index contributed by atoms with van der Waals surface area (Å²) in [5, 5.41) is 9.21. The maximum Gasteiger partial charge on any atom is 0.321 e. The van der Waals surface area contributed by atoms with E-state index in [4.69, 9.17) is 4.52 Å². The predicted molar refractivity (Wildman–Crippen MR) is 84.2 cm³/mol. The van der Waals surface area contributed by atoms with Crippen molar-refractivity contribution in [3.05, 3.63) is 72.4 Å². The lowest BCUT2D eigenvalue weighted by Crippen LogP contribution is -2.28. The lowest BCUT2D eigenvalue weighted by Gasteiger charge is -2.06. The van der Waals surface area contributed by atoms with Crippen LogP contribution in [0.2, 0.25) is 0 Å². The van der Waals surface area contributed by atoms with E-state index < -0.39 is 0 Å². The lowest BCUT2D eigenvalue weighted by atomic mass is 10.1. The first-order valence-corrected chi connectivity index (χ1v) is 6.92. The summed E-state index contributed by atoms with van der Waals surface area (Å²) in [5.41, 5.74) is 2.70. The first-order chi connectivity index (χ1) is 10.8. The van der Waals surface area contributed by atoms with Crippen LogP contribution < -0.4 is 10.6 Å². The van der Waals surface area contributed by atoms with Crippen molar-refractivity contribution < 1.29 is 9.32 Å². The minimum atomic E-state index is -0.335. The van der Waals surface area contributed by atoms with Gasteiger partial charge in [0, 0.05) is 6.54 Å². The molecule has 110 valence electrons. The van der Waals surface area contributed by atoms with Crippen LogP contribution in [0.15, 0.2) is 71.4 Å². The van der Waals surface area contributed by atoms with Crippen LogP contribution in [-0.2, 0) is 6.54 Å². The summed E-state index contributed by atoms with van der Waals surface area (Å²) >= 11 is 0. The summed E-state index contributed by atoms with van der Waals surface area (Å²) in [7, 11) is 0. The summed E-state index contributed by atoms with van der Waals surface area (Å²) in [5.74, 6) is 0.330. The molecule has 0 radical (unpaired) electrons. The molecule has 2 amide bonds. The smallest absolute Gasteiger partial charge is 0.321 e. The molecule has 2 N–H and O–H groups in total. The fourth-order valence-corrected chi connectivity index (χ4v) is 2.08. The van der Waals surface area contributed by atoms with Crippen molar-refractivity contribution >= 4 is 11.9 Å². The molecule has 0 aliphatic rings. The Morgan fingerprint density at radius 3 is 2.41 bits per heavy atom. The van der Waals surface area contributed by atoms with E-state index in [1.54, 1.807) is 6.20 Å². The number of aromatic nitrogens is 1. The zero-order chi connectivity index (χ0) is 15.2. The Morgan fingerprint density at radius 1 is 1.00 bits per heavy atom. The Labute approximate surface area is 128 Å². The molecule has 2 aromatic carbocycles. The van der Waals surface area contributed by atoms with Gasteiger partial charge < -0.3 is 9.84 Å². The fourth-order valence-electron chi connectivity index (χ4n) is 2.08. The monoisotopic (exact) mass is 293 g/mol. The minimum Gasteiger partial charge on any atom is -0.338 e. The normalized spacial score (nSPS) is 10.2. The van der Waals surface area contributed by atoms with Gasteiger partial charge in [-0.3, -0.25) is 5.32 Å². The van der Waals surface area contributed by atoms with Gasteiger partial charge in [-0.2, -0.15) is 0 Å². The van der Waals surface area contributed by atoms with Crippen LogP contribution in [0.1, 0.15) is 5.56 Å². The van der Waals surface area contributed by atoms with Crippen molar-refractivity contribution in [2.24, 2.45) is 0 Å². The quantitative estimate of drug-likeness (QED) is 0.771. The van der Waals surface area contributed by atoms with Gasteiger partial charge in [-0.05, 0) is 11.1 Å². The molecule has 0 unspecified atom stereocenters. The molecule has 22 heavy (non-hydrogen) atoms. The van der Waals surface area contributed by atoms with E-state index in [0.717, 1.165) is 16.7 Å². The maximum atomic E-state index is 12.0. The highest BCUT2D eigenvalue weighted by molar-refractivity contribution is 5.92. The highest BCUT2D eigenvalue weighted by Crippen LogP contribution is 2.27. The molecule has 1 heterocycles. The first-order valence-electron chi connectivity index (χ1n) is 6.92. The standard InChI is InChI=1S/C17H15N3O2/c21-17(18-11-13-7-3-1-4-8-13)20-16-15(12-19-22-16)14-9-5-2-6-10-14/h1-10,12H,11H2,(H2,18,20,21).